The van der Waals surface area contributed by atoms with Crippen molar-refractivity contribution in [3.8, 4) is 0 Å². The van der Waals surface area contributed by atoms with Crippen LogP contribution >= 0.6 is 19.1 Å². The monoisotopic (exact) mass is 376 g/mol. The third-order valence-electron chi connectivity index (χ3n) is 2.60. The topological polar surface area (TPSA) is 34.2 Å². The standard InChI is InChI=1S/C12H12N2O.2ClH.Pd/c1-2-4-10-9(3-1)5-6-11(14-10)12-13-7-8-15-12;;;/h1-6,12-13H,7-8H2;2*1H;/q;;;+2/p-2. The third kappa shape index (κ3) is 3.64. The Morgan fingerprint density at radius 1 is 1.22 bits per heavy atom. The van der Waals surface area contributed by atoms with Crippen LogP contribution in [0, 0.1) is 0 Å². The first-order valence-corrected chi connectivity index (χ1v) is 9.38. The van der Waals surface area contributed by atoms with Crippen molar-refractivity contribution in [2.45, 2.75) is 6.23 Å². The molecular weight excluding hydrogens is 365 g/mol. The van der Waals surface area contributed by atoms with Crippen molar-refractivity contribution in [1.29, 1.82) is 0 Å². The maximum absolute atomic E-state index is 5.51. The summed E-state index contributed by atoms with van der Waals surface area (Å²) in [7, 11) is 9.63. The van der Waals surface area contributed by atoms with E-state index in [0.717, 1.165) is 24.4 Å². The largest absolute Gasteiger partial charge is 0.356 e. The summed E-state index contributed by atoms with van der Waals surface area (Å²) in [5.74, 6) is 0. The molecule has 1 aliphatic rings. The van der Waals surface area contributed by atoms with Crippen LogP contribution < -0.4 is 5.32 Å². The minimum atomic E-state index is -0.106. The molecule has 1 aliphatic heterocycles. The van der Waals surface area contributed by atoms with E-state index in [1.165, 1.54) is 5.39 Å². The average molecular weight is 378 g/mol. The number of ether oxygens (including phenoxy) is 1. The molecular formula is C12H12Cl2N2OPd. The first-order chi connectivity index (χ1) is 8.85. The van der Waals surface area contributed by atoms with E-state index in [-0.39, 0.29) is 22.2 Å². The maximum Gasteiger partial charge on any atom is 0.151 e. The first kappa shape index (κ1) is 14.2. The molecule has 1 N–H and O–H groups in total. The number of halogens is 2. The molecule has 0 amide bonds. The van der Waals surface area contributed by atoms with Crippen molar-refractivity contribution in [1.82, 2.24) is 10.3 Å². The molecule has 0 saturated carbocycles. The van der Waals surface area contributed by atoms with Gasteiger partial charge in [-0.05, 0) is 12.1 Å². The zero-order chi connectivity index (χ0) is 12.8. The quantitative estimate of drug-likeness (QED) is 0.775. The third-order valence-corrected chi connectivity index (χ3v) is 2.60. The van der Waals surface area contributed by atoms with Crippen LogP contribution in [-0.2, 0) is 20.7 Å². The molecule has 3 rings (SSSR count). The number of fused-ring (bicyclic) bond motifs is 1. The van der Waals surface area contributed by atoms with Gasteiger partial charge in [0.25, 0.3) is 0 Å². The number of aromatic nitrogens is 1. The van der Waals surface area contributed by atoms with Crippen LogP contribution in [0.5, 0.6) is 0 Å². The molecule has 0 spiro atoms. The summed E-state index contributed by atoms with van der Waals surface area (Å²) in [6.07, 6.45) is -0.0328. The number of hydrogen-bond acceptors (Lipinski definition) is 3. The van der Waals surface area contributed by atoms with Gasteiger partial charge in [0.2, 0.25) is 0 Å². The van der Waals surface area contributed by atoms with Crippen LogP contribution in [0.3, 0.4) is 0 Å². The summed E-state index contributed by atoms with van der Waals surface area (Å²) in [6, 6.07) is 12.2. The van der Waals surface area contributed by atoms with Crippen LogP contribution in [0.2, 0.25) is 0 Å². The van der Waals surface area contributed by atoms with Crippen LogP contribution in [0.4, 0.5) is 0 Å². The van der Waals surface area contributed by atoms with E-state index in [4.69, 9.17) is 23.8 Å². The van der Waals surface area contributed by atoms with Gasteiger partial charge in [-0.1, -0.05) is 24.3 Å². The molecule has 100 valence electrons. The molecule has 0 aliphatic carbocycles. The zero-order valence-electron chi connectivity index (χ0n) is 9.38. The summed E-state index contributed by atoms with van der Waals surface area (Å²) >= 11 is -0.106. The Kier molecular flexibility index (Phi) is 5.84. The molecule has 1 atom stereocenters. The number of rotatable bonds is 1. The second-order valence-electron chi connectivity index (χ2n) is 3.68. The number of nitrogens with zero attached hydrogens (tertiary/aromatic N) is 1. The van der Waals surface area contributed by atoms with Crippen molar-refractivity contribution in [2.75, 3.05) is 13.2 Å². The van der Waals surface area contributed by atoms with Gasteiger partial charge in [0.05, 0.1) is 17.8 Å². The van der Waals surface area contributed by atoms with Crippen LogP contribution in [0.15, 0.2) is 36.4 Å². The summed E-state index contributed by atoms with van der Waals surface area (Å²) in [4.78, 5) is 4.57. The van der Waals surface area contributed by atoms with Gasteiger partial charge in [-0.15, -0.1) is 0 Å². The summed E-state index contributed by atoms with van der Waals surface area (Å²) in [5.41, 5.74) is 1.98. The van der Waals surface area contributed by atoms with Gasteiger partial charge in [0.15, 0.2) is 6.23 Å². The smallest absolute Gasteiger partial charge is 0.151 e. The van der Waals surface area contributed by atoms with Crippen molar-refractivity contribution < 1.29 is 20.7 Å². The molecule has 1 saturated heterocycles. The summed E-state index contributed by atoms with van der Waals surface area (Å²) < 4.78 is 5.51. The molecule has 0 radical (unpaired) electrons. The fourth-order valence-electron chi connectivity index (χ4n) is 1.84. The van der Waals surface area contributed by atoms with E-state index >= 15 is 0 Å². The van der Waals surface area contributed by atoms with Gasteiger partial charge in [-0.25, -0.2) is 4.98 Å². The fourth-order valence-corrected chi connectivity index (χ4v) is 1.84. The first-order valence-electron chi connectivity index (χ1n) is 5.38. The van der Waals surface area contributed by atoms with Gasteiger partial charge in [0.1, 0.15) is 0 Å². The number of benzene rings is 1. The summed E-state index contributed by atoms with van der Waals surface area (Å²) in [6.45, 7) is 1.67. The van der Waals surface area contributed by atoms with Gasteiger partial charge in [0, 0.05) is 11.9 Å². The van der Waals surface area contributed by atoms with E-state index in [2.05, 4.69) is 22.4 Å². The molecule has 1 fully saturated rings. The predicted octanol–water partition coefficient (Wildman–Crippen LogP) is 3.23. The average Bonchev–Trinajstić information content (AvgIpc) is 2.93. The Labute approximate surface area is 122 Å². The van der Waals surface area contributed by atoms with E-state index in [1.807, 2.05) is 24.3 Å². The SMILES string of the molecule is [Cl][Pd][Cl].c1ccc2nc(C3NCCO3)ccc2c1. The molecule has 3 nitrogen and oxygen atoms in total. The van der Waals surface area contributed by atoms with Crippen molar-refractivity contribution >= 4 is 30.0 Å². The van der Waals surface area contributed by atoms with Crippen molar-refractivity contribution in [3.63, 3.8) is 0 Å². The number of pyridine rings is 1. The normalized spacial score (nSPS) is 18.7. The molecule has 18 heavy (non-hydrogen) atoms. The predicted molar refractivity (Wildman–Crippen MR) is 70.1 cm³/mol. The Bertz CT molecular complexity index is 506. The zero-order valence-corrected chi connectivity index (χ0v) is 12.4. The van der Waals surface area contributed by atoms with E-state index in [9.17, 15) is 0 Å². The minimum absolute atomic E-state index is 0.0328. The molecule has 1 aromatic heterocycles. The molecule has 6 heteroatoms. The van der Waals surface area contributed by atoms with E-state index < -0.39 is 0 Å². The van der Waals surface area contributed by atoms with Crippen LogP contribution in [-0.4, -0.2) is 18.1 Å². The second kappa shape index (κ2) is 7.40. The Balaban J connectivity index is 0.000000367. The number of nitrogens with one attached hydrogen (secondary N) is 1. The Morgan fingerprint density at radius 3 is 2.72 bits per heavy atom. The molecule has 0 bridgehead atoms. The second-order valence-corrected chi connectivity index (χ2v) is 6.04. The molecule has 2 aromatic rings. The van der Waals surface area contributed by atoms with Crippen LogP contribution in [0.1, 0.15) is 11.9 Å². The van der Waals surface area contributed by atoms with Crippen molar-refractivity contribution in [3.05, 3.63) is 42.1 Å². The van der Waals surface area contributed by atoms with Crippen molar-refractivity contribution in [2.24, 2.45) is 0 Å². The maximum atomic E-state index is 5.51. The number of para-hydroxylation sites is 1. The molecule has 2 heterocycles. The number of hydrogen-bond donors (Lipinski definition) is 1. The Hall–Kier alpha value is -0.208. The molecule has 1 aromatic carbocycles. The van der Waals surface area contributed by atoms with Gasteiger partial charge < -0.3 is 4.74 Å². The Morgan fingerprint density at radius 2 is 2.00 bits per heavy atom. The van der Waals surface area contributed by atoms with E-state index in [1.54, 1.807) is 0 Å². The minimum Gasteiger partial charge on any atom is -0.356 e. The van der Waals surface area contributed by atoms with Gasteiger partial charge in [-0.2, -0.15) is 0 Å². The van der Waals surface area contributed by atoms with Gasteiger partial charge >= 0.3 is 35.0 Å². The fraction of sp³-hybridized carbons (Fsp3) is 0.250. The van der Waals surface area contributed by atoms with Gasteiger partial charge in [-0.3, -0.25) is 5.32 Å². The summed E-state index contributed by atoms with van der Waals surface area (Å²) in [5, 5.41) is 4.42. The van der Waals surface area contributed by atoms with Crippen LogP contribution in [0.25, 0.3) is 10.9 Å². The van der Waals surface area contributed by atoms with E-state index in [0.29, 0.717) is 0 Å². The molecule has 1 unspecified atom stereocenters.